The van der Waals surface area contributed by atoms with Crippen LogP contribution in [0.3, 0.4) is 0 Å². The normalized spacial score (nSPS) is 12.6. The van der Waals surface area contributed by atoms with Crippen LogP contribution in [0.4, 0.5) is 0 Å². The van der Waals surface area contributed by atoms with Crippen molar-refractivity contribution in [3.63, 3.8) is 0 Å². The Bertz CT molecular complexity index is 358. The molecule has 0 aliphatic rings. The van der Waals surface area contributed by atoms with Crippen LogP contribution < -0.4 is 4.74 Å². The topological polar surface area (TPSA) is 46.5 Å². The van der Waals surface area contributed by atoms with Gasteiger partial charge in [-0.2, -0.15) is 0 Å². The monoisotopic (exact) mass is 222 g/mol. The summed E-state index contributed by atoms with van der Waals surface area (Å²) in [6.07, 6.45) is -0.463. The third-order valence-electron chi connectivity index (χ3n) is 2.57. The van der Waals surface area contributed by atoms with Crippen LogP contribution in [0.5, 0.6) is 5.75 Å². The molecular formula is C13H18O3. The second kappa shape index (κ2) is 5.66. The number of methoxy groups -OCH3 is 1. The fourth-order valence-corrected chi connectivity index (χ4v) is 1.41. The second-order valence-corrected chi connectivity index (χ2v) is 4.14. The van der Waals surface area contributed by atoms with E-state index in [0.29, 0.717) is 11.3 Å². The number of aliphatic hydroxyl groups is 1. The largest absolute Gasteiger partial charge is 0.496 e. The summed E-state index contributed by atoms with van der Waals surface area (Å²) < 4.78 is 5.11. The van der Waals surface area contributed by atoms with Gasteiger partial charge in [0.25, 0.3) is 0 Å². The summed E-state index contributed by atoms with van der Waals surface area (Å²) in [6, 6.07) is 7.06. The molecule has 0 aliphatic heterocycles. The molecule has 0 spiro atoms. The lowest BCUT2D eigenvalue weighted by atomic mass is 9.98. The molecule has 1 atom stereocenters. The van der Waals surface area contributed by atoms with Crippen molar-refractivity contribution in [3.05, 3.63) is 29.8 Å². The third-order valence-corrected chi connectivity index (χ3v) is 2.57. The predicted octanol–water partition coefficient (Wildman–Crippen LogP) is 2.28. The summed E-state index contributed by atoms with van der Waals surface area (Å²) in [6.45, 7) is 3.78. The fourth-order valence-electron chi connectivity index (χ4n) is 1.41. The molecule has 0 radical (unpaired) electrons. The summed E-state index contributed by atoms with van der Waals surface area (Å²) in [4.78, 5) is 11.9. The minimum absolute atomic E-state index is 0.0821. The summed E-state index contributed by atoms with van der Waals surface area (Å²) >= 11 is 0. The van der Waals surface area contributed by atoms with Crippen LogP contribution in [0.1, 0.15) is 30.6 Å². The molecule has 0 amide bonds. The Hall–Kier alpha value is -1.35. The molecule has 16 heavy (non-hydrogen) atoms. The van der Waals surface area contributed by atoms with Gasteiger partial charge in [-0.05, 0) is 18.1 Å². The molecule has 0 unspecified atom stereocenters. The molecule has 0 aliphatic carbocycles. The predicted molar refractivity (Wildman–Crippen MR) is 62.8 cm³/mol. The molecule has 3 heteroatoms. The molecule has 0 heterocycles. The Morgan fingerprint density at radius 2 is 2.00 bits per heavy atom. The molecule has 1 aromatic carbocycles. The Morgan fingerprint density at radius 3 is 2.56 bits per heavy atom. The van der Waals surface area contributed by atoms with Crippen molar-refractivity contribution in [3.8, 4) is 5.75 Å². The van der Waals surface area contributed by atoms with E-state index in [2.05, 4.69) is 0 Å². The second-order valence-electron chi connectivity index (χ2n) is 4.14. The number of aliphatic hydroxyl groups excluding tert-OH is 1. The van der Waals surface area contributed by atoms with E-state index in [9.17, 15) is 9.90 Å². The van der Waals surface area contributed by atoms with E-state index in [1.807, 2.05) is 19.9 Å². The highest BCUT2D eigenvalue weighted by Gasteiger charge is 2.18. The van der Waals surface area contributed by atoms with Gasteiger partial charge in [-0.1, -0.05) is 26.0 Å². The molecule has 0 fully saturated rings. The smallest absolute Gasteiger partial charge is 0.169 e. The van der Waals surface area contributed by atoms with Gasteiger partial charge in [-0.3, -0.25) is 4.79 Å². The number of para-hydroxylation sites is 1. The number of ether oxygens (including phenoxy) is 1. The van der Waals surface area contributed by atoms with Crippen LogP contribution in [0.25, 0.3) is 0 Å². The number of ketones is 1. The van der Waals surface area contributed by atoms with Gasteiger partial charge in [0.2, 0.25) is 0 Å². The zero-order chi connectivity index (χ0) is 12.1. The first kappa shape index (κ1) is 12.7. The standard InChI is InChI=1S/C13H18O3/c1-9(2)11(14)8-12(15)10-6-4-5-7-13(10)16-3/h4-7,9,11,14H,8H2,1-3H3/t11-/m1/s1. The highest BCUT2D eigenvalue weighted by atomic mass is 16.5. The van der Waals surface area contributed by atoms with E-state index in [1.54, 1.807) is 18.2 Å². The van der Waals surface area contributed by atoms with Crippen LogP contribution in [0.2, 0.25) is 0 Å². The number of benzene rings is 1. The van der Waals surface area contributed by atoms with Crippen LogP contribution in [-0.2, 0) is 0 Å². The molecule has 0 aromatic heterocycles. The van der Waals surface area contributed by atoms with Gasteiger partial charge in [0.15, 0.2) is 5.78 Å². The lowest BCUT2D eigenvalue weighted by Gasteiger charge is -2.14. The van der Waals surface area contributed by atoms with Gasteiger partial charge in [0.05, 0.1) is 18.8 Å². The van der Waals surface area contributed by atoms with Crippen molar-refractivity contribution in [1.29, 1.82) is 0 Å². The van der Waals surface area contributed by atoms with Crippen molar-refractivity contribution < 1.29 is 14.6 Å². The maximum absolute atomic E-state index is 11.9. The first-order valence-corrected chi connectivity index (χ1v) is 5.40. The summed E-state index contributed by atoms with van der Waals surface area (Å²) in [5.41, 5.74) is 0.532. The molecule has 88 valence electrons. The number of carbonyl (C=O) groups excluding carboxylic acids is 1. The number of rotatable bonds is 5. The minimum Gasteiger partial charge on any atom is -0.496 e. The third kappa shape index (κ3) is 3.07. The number of Topliss-reactive ketones (excluding diaryl/α,β-unsaturated/α-hetero) is 1. The van der Waals surface area contributed by atoms with Gasteiger partial charge in [-0.15, -0.1) is 0 Å². The Labute approximate surface area is 96.1 Å². The van der Waals surface area contributed by atoms with E-state index >= 15 is 0 Å². The maximum atomic E-state index is 11.9. The van der Waals surface area contributed by atoms with Crippen molar-refractivity contribution in [2.24, 2.45) is 5.92 Å². The first-order chi connectivity index (χ1) is 7.56. The molecule has 1 rings (SSSR count). The average Bonchev–Trinajstić information content (AvgIpc) is 2.28. The molecular weight excluding hydrogens is 204 g/mol. The Morgan fingerprint density at radius 1 is 1.38 bits per heavy atom. The van der Waals surface area contributed by atoms with Gasteiger partial charge >= 0.3 is 0 Å². The summed E-state index contributed by atoms with van der Waals surface area (Å²) in [7, 11) is 1.53. The number of carbonyl (C=O) groups is 1. The average molecular weight is 222 g/mol. The van der Waals surface area contributed by atoms with Gasteiger partial charge < -0.3 is 9.84 Å². The SMILES string of the molecule is COc1ccccc1C(=O)C[C@@H](O)C(C)C. The van der Waals surface area contributed by atoms with Crippen LogP contribution >= 0.6 is 0 Å². The number of hydrogen-bond acceptors (Lipinski definition) is 3. The van der Waals surface area contributed by atoms with Crippen molar-refractivity contribution >= 4 is 5.78 Å². The van der Waals surface area contributed by atoms with E-state index in [1.165, 1.54) is 7.11 Å². The molecule has 3 nitrogen and oxygen atoms in total. The lowest BCUT2D eigenvalue weighted by molar-refractivity contribution is 0.0788. The maximum Gasteiger partial charge on any atom is 0.169 e. The fraction of sp³-hybridized carbons (Fsp3) is 0.462. The zero-order valence-electron chi connectivity index (χ0n) is 9.93. The highest BCUT2D eigenvalue weighted by molar-refractivity contribution is 5.98. The minimum atomic E-state index is -0.600. The lowest BCUT2D eigenvalue weighted by Crippen LogP contribution is -2.19. The van der Waals surface area contributed by atoms with Crippen LogP contribution in [0, 0.1) is 5.92 Å². The number of hydrogen-bond donors (Lipinski definition) is 1. The first-order valence-electron chi connectivity index (χ1n) is 5.40. The molecule has 1 N–H and O–H groups in total. The van der Waals surface area contributed by atoms with E-state index in [-0.39, 0.29) is 18.1 Å². The summed E-state index contributed by atoms with van der Waals surface area (Å²) in [5, 5.41) is 9.66. The van der Waals surface area contributed by atoms with E-state index < -0.39 is 6.10 Å². The molecule has 0 saturated heterocycles. The van der Waals surface area contributed by atoms with Gasteiger partial charge in [-0.25, -0.2) is 0 Å². The summed E-state index contributed by atoms with van der Waals surface area (Å²) in [5.74, 6) is 0.556. The Kier molecular flexibility index (Phi) is 4.50. The van der Waals surface area contributed by atoms with E-state index in [0.717, 1.165) is 0 Å². The van der Waals surface area contributed by atoms with E-state index in [4.69, 9.17) is 4.74 Å². The van der Waals surface area contributed by atoms with Crippen LogP contribution in [-0.4, -0.2) is 24.1 Å². The quantitative estimate of drug-likeness (QED) is 0.777. The van der Waals surface area contributed by atoms with Crippen molar-refractivity contribution in [2.75, 3.05) is 7.11 Å². The van der Waals surface area contributed by atoms with Crippen molar-refractivity contribution in [2.45, 2.75) is 26.4 Å². The van der Waals surface area contributed by atoms with Crippen molar-refractivity contribution in [1.82, 2.24) is 0 Å². The molecule has 0 saturated carbocycles. The zero-order valence-corrected chi connectivity index (χ0v) is 9.93. The van der Waals surface area contributed by atoms with Gasteiger partial charge in [0, 0.05) is 6.42 Å². The highest BCUT2D eigenvalue weighted by Crippen LogP contribution is 2.20. The molecule has 0 bridgehead atoms. The van der Waals surface area contributed by atoms with Gasteiger partial charge in [0.1, 0.15) is 5.75 Å². The van der Waals surface area contributed by atoms with Crippen LogP contribution in [0.15, 0.2) is 24.3 Å². The Balaban J connectivity index is 2.80. The molecule has 1 aromatic rings.